The lowest BCUT2D eigenvalue weighted by Crippen LogP contribution is -2.47. The van der Waals surface area contributed by atoms with Crippen LogP contribution in [0, 0.1) is 12.7 Å². The number of hydrogen-bond donors (Lipinski definition) is 5. The molecule has 9 nitrogen and oxygen atoms in total. The second kappa shape index (κ2) is 9.30. The van der Waals surface area contributed by atoms with E-state index in [4.69, 9.17) is 4.52 Å². The summed E-state index contributed by atoms with van der Waals surface area (Å²) in [5, 5.41) is 41.9. The van der Waals surface area contributed by atoms with Gasteiger partial charge in [0.05, 0.1) is 29.6 Å². The Labute approximate surface area is 197 Å². The molecule has 1 aliphatic heterocycles. The van der Waals surface area contributed by atoms with Gasteiger partial charge in [0.15, 0.2) is 5.82 Å². The molecule has 0 fully saturated rings. The van der Waals surface area contributed by atoms with Gasteiger partial charge in [0.25, 0.3) is 0 Å². The molecule has 2 unspecified atom stereocenters. The average Bonchev–Trinajstić information content (AvgIpc) is 3.19. The molecule has 0 radical (unpaired) electrons. The van der Waals surface area contributed by atoms with E-state index < -0.39 is 24.1 Å². The van der Waals surface area contributed by atoms with Gasteiger partial charge in [-0.15, -0.1) is 0 Å². The van der Waals surface area contributed by atoms with Crippen LogP contribution in [0.3, 0.4) is 0 Å². The number of aryl methyl sites for hydroxylation is 1. The summed E-state index contributed by atoms with van der Waals surface area (Å²) in [6.07, 6.45) is -1.97. The first-order valence-corrected chi connectivity index (χ1v) is 11.1. The Morgan fingerprint density at radius 3 is 2.62 bits per heavy atom. The Kier molecular flexibility index (Phi) is 6.59. The van der Waals surface area contributed by atoms with E-state index in [1.807, 2.05) is 4.90 Å². The van der Waals surface area contributed by atoms with Gasteiger partial charge >= 0.3 is 0 Å². The fraction of sp³-hybridized carbons (Fsp3) is 0.417. The monoisotopic (exact) mass is 471 g/mol. The number of aliphatic hydroxyl groups is 3. The Hall–Kier alpha value is -3.05. The van der Waals surface area contributed by atoms with Gasteiger partial charge in [-0.3, -0.25) is 5.32 Å². The molecule has 1 aromatic heterocycles. The summed E-state index contributed by atoms with van der Waals surface area (Å²) in [5.74, 6) is 0.481. The normalized spacial score (nSPS) is 17.8. The molecular formula is C24H30FN5O4. The molecule has 3 atom stereocenters. The molecule has 2 aromatic carbocycles. The molecule has 10 heteroatoms. The lowest BCUT2D eigenvalue weighted by Gasteiger charge is -2.39. The zero-order chi connectivity index (χ0) is 24.6. The number of hydrogen-bond acceptors (Lipinski definition) is 9. The number of fused-ring (bicyclic) bond motifs is 1. The van der Waals surface area contributed by atoms with Crippen LogP contribution in [0.2, 0.25) is 0 Å². The number of nitrogens with zero attached hydrogens (tertiary/aromatic N) is 3. The topological polar surface area (TPSA) is 127 Å². The van der Waals surface area contributed by atoms with E-state index in [9.17, 15) is 19.7 Å². The Morgan fingerprint density at radius 1 is 1.29 bits per heavy atom. The zero-order valence-corrected chi connectivity index (χ0v) is 19.6. The van der Waals surface area contributed by atoms with Crippen molar-refractivity contribution in [3.8, 4) is 11.1 Å². The van der Waals surface area contributed by atoms with Crippen molar-refractivity contribution in [2.75, 3.05) is 23.3 Å². The fourth-order valence-electron chi connectivity index (χ4n) is 4.09. The molecule has 0 saturated carbocycles. The molecule has 2 heterocycles. The van der Waals surface area contributed by atoms with Crippen molar-refractivity contribution in [1.82, 2.24) is 15.5 Å². The Bertz CT molecular complexity index is 1150. The van der Waals surface area contributed by atoms with Crippen LogP contribution in [0.4, 0.5) is 15.8 Å². The van der Waals surface area contributed by atoms with Crippen molar-refractivity contribution in [3.63, 3.8) is 0 Å². The minimum absolute atomic E-state index is 0.241. The molecule has 4 rings (SSSR count). The molecule has 3 aromatic rings. The van der Waals surface area contributed by atoms with Crippen LogP contribution in [0.15, 0.2) is 40.9 Å². The predicted octanol–water partition coefficient (Wildman–Crippen LogP) is 2.85. The summed E-state index contributed by atoms with van der Waals surface area (Å²) >= 11 is 0. The van der Waals surface area contributed by atoms with Gasteiger partial charge in [-0.1, -0.05) is 17.3 Å². The number of halogens is 1. The molecule has 0 aliphatic carbocycles. The van der Waals surface area contributed by atoms with Gasteiger partial charge in [0.1, 0.15) is 18.3 Å². The van der Waals surface area contributed by atoms with E-state index in [1.165, 1.54) is 12.1 Å². The summed E-state index contributed by atoms with van der Waals surface area (Å²) in [5.41, 5.74) is 2.23. The first kappa shape index (κ1) is 24.1. The Balaban J connectivity index is 1.77. The number of nitrogens with one attached hydrogen (secondary N) is 2. The average molecular weight is 472 g/mol. The van der Waals surface area contributed by atoms with Crippen molar-refractivity contribution < 1.29 is 24.2 Å². The first-order chi connectivity index (χ1) is 16.0. The van der Waals surface area contributed by atoms with Gasteiger partial charge in [0.2, 0.25) is 5.89 Å². The molecule has 5 N–H and O–H groups in total. The number of β-amino-alcohol motifs (C(OH)–C–C–N with tert-alkyl or cyclic N) is 2. The first-order valence-electron chi connectivity index (χ1n) is 11.1. The minimum atomic E-state index is -1.09. The van der Waals surface area contributed by atoms with Crippen LogP contribution in [-0.2, 0) is 0 Å². The highest BCUT2D eigenvalue weighted by atomic mass is 19.1. The highest BCUT2D eigenvalue weighted by molar-refractivity contribution is 5.89. The van der Waals surface area contributed by atoms with Crippen LogP contribution in [0.5, 0.6) is 0 Å². The van der Waals surface area contributed by atoms with E-state index in [0.717, 1.165) is 0 Å². The van der Waals surface area contributed by atoms with E-state index in [1.54, 1.807) is 52.0 Å². The molecule has 0 bridgehead atoms. The smallest absolute Gasteiger partial charge is 0.243 e. The number of benzene rings is 2. The molecule has 0 spiro atoms. The van der Waals surface area contributed by atoms with Crippen LogP contribution < -0.4 is 15.5 Å². The summed E-state index contributed by atoms with van der Waals surface area (Å²) in [4.78, 5) is 6.07. The summed E-state index contributed by atoms with van der Waals surface area (Å²) < 4.78 is 18.8. The van der Waals surface area contributed by atoms with Crippen LogP contribution in [0.25, 0.3) is 11.1 Å². The van der Waals surface area contributed by atoms with Gasteiger partial charge in [-0.2, -0.15) is 4.98 Å². The van der Waals surface area contributed by atoms with Gasteiger partial charge < -0.3 is 30.1 Å². The number of aromatic nitrogens is 2. The summed E-state index contributed by atoms with van der Waals surface area (Å²) in [6, 6.07) is 9.16. The SMILES string of the molecule is Cc1noc([C@@H](C)NC(O)c2cc(-c3ccc(F)cc3)c3c(c2)N(CC(C)(C)O)CC(O)N3)n1. The molecule has 0 amide bonds. The quantitative estimate of drug-likeness (QED) is 0.331. The maximum Gasteiger partial charge on any atom is 0.243 e. The summed E-state index contributed by atoms with van der Waals surface area (Å²) in [7, 11) is 0. The van der Waals surface area contributed by atoms with Crippen molar-refractivity contribution in [1.29, 1.82) is 0 Å². The molecule has 0 saturated heterocycles. The van der Waals surface area contributed by atoms with E-state index in [-0.39, 0.29) is 18.9 Å². The highest BCUT2D eigenvalue weighted by Gasteiger charge is 2.30. The molecule has 1 aliphatic rings. The molecular weight excluding hydrogens is 441 g/mol. The van der Waals surface area contributed by atoms with Gasteiger partial charge in [-0.25, -0.2) is 4.39 Å². The lowest BCUT2D eigenvalue weighted by atomic mass is 9.96. The van der Waals surface area contributed by atoms with Crippen LogP contribution in [0.1, 0.15) is 50.3 Å². The van der Waals surface area contributed by atoms with Crippen molar-refractivity contribution >= 4 is 11.4 Å². The third-order valence-electron chi connectivity index (χ3n) is 5.56. The van der Waals surface area contributed by atoms with Crippen molar-refractivity contribution in [2.45, 2.75) is 51.8 Å². The van der Waals surface area contributed by atoms with E-state index >= 15 is 0 Å². The lowest BCUT2D eigenvalue weighted by molar-refractivity contribution is 0.0839. The number of rotatable bonds is 7. The zero-order valence-electron chi connectivity index (χ0n) is 19.6. The van der Waals surface area contributed by atoms with Gasteiger partial charge in [0, 0.05) is 12.1 Å². The second-order valence-electron chi connectivity index (χ2n) is 9.29. The fourth-order valence-corrected chi connectivity index (χ4v) is 4.09. The van der Waals surface area contributed by atoms with E-state index in [2.05, 4.69) is 20.8 Å². The van der Waals surface area contributed by atoms with E-state index in [0.29, 0.717) is 39.8 Å². The van der Waals surface area contributed by atoms with Crippen molar-refractivity contribution in [3.05, 3.63) is 59.5 Å². The van der Waals surface area contributed by atoms with Crippen LogP contribution >= 0.6 is 0 Å². The largest absolute Gasteiger partial charge is 0.389 e. The number of anilines is 2. The number of aliphatic hydroxyl groups excluding tert-OH is 2. The standard InChI is InChI=1S/C24H30FN5O4/c1-13(23-27-14(2)29-34-23)26-22(32)16-9-18(15-5-7-17(25)8-6-15)21-19(10-16)30(11-20(31)28-21)12-24(3,4)33/h5-10,13,20,22,26,28,31-33H,11-12H2,1-4H3/t13-,20?,22?/m1/s1. The third-order valence-corrected chi connectivity index (χ3v) is 5.56. The summed E-state index contributed by atoms with van der Waals surface area (Å²) in [6.45, 7) is 7.39. The highest BCUT2D eigenvalue weighted by Crippen LogP contribution is 2.42. The van der Waals surface area contributed by atoms with Gasteiger partial charge in [-0.05, 0) is 63.1 Å². The second-order valence-corrected chi connectivity index (χ2v) is 9.29. The Morgan fingerprint density at radius 2 is 2.00 bits per heavy atom. The predicted molar refractivity (Wildman–Crippen MR) is 126 cm³/mol. The minimum Gasteiger partial charge on any atom is -0.389 e. The third kappa shape index (κ3) is 5.36. The van der Waals surface area contributed by atoms with Crippen molar-refractivity contribution in [2.24, 2.45) is 0 Å². The van der Waals surface area contributed by atoms with Crippen LogP contribution in [-0.4, -0.2) is 50.4 Å². The maximum absolute atomic E-state index is 13.6. The molecule has 182 valence electrons. The molecule has 34 heavy (non-hydrogen) atoms. The maximum atomic E-state index is 13.6.